The van der Waals surface area contributed by atoms with Crippen LogP contribution in [0.25, 0.3) is 0 Å². The van der Waals surface area contributed by atoms with E-state index in [0.717, 1.165) is 29.3 Å². The van der Waals surface area contributed by atoms with Gasteiger partial charge in [0.25, 0.3) is 0 Å². The largest absolute Gasteiger partial charge is 0.416 e. The van der Waals surface area contributed by atoms with Gasteiger partial charge < -0.3 is 4.90 Å². The number of aromatic nitrogens is 1. The van der Waals surface area contributed by atoms with Gasteiger partial charge in [0.05, 0.1) is 17.8 Å². The Morgan fingerprint density at radius 3 is 2.87 bits per heavy atom. The number of amidine groups is 1. The number of nitrogens with zero attached hydrogens (tertiary/aromatic N) is 3. The van der Waals surface area contributed by atoms with E-state index in [9.17, 15) is 13.2 Å². The molecule has 3 nitrogen and oxygen atoms in total. The Morgan fingerprint density at radius 1 is 1.35 bits per heavy atom. The van der Waals surface area contributed by atoms with E-state index < -0.39 is 11.7 Å². The number of hydrogen-bond donors (Lipinski definition) is 0. The maximum atomic E-state index is 12.8. The molecule has 1 aliphatic rings. The predicted octanol–water partition coefficient (Wildman–Crippen LogP) is 5.05. The van der Waals surface area contributed by atoms with Crippen molar-refractivity contribution in [2.45, 2.75) is 12.7 Å². The Labute approximate surface area is 144 Å². The van der Waals surface area contributed by atoms with Crippen molar-refractivity contribution in [2.75, 3.05) is 12.3 Å². The summed E-state index contributed by atoms with van der Waals surface area (Å²) in [5.74, 6) is 0.852. The second kappa shape index (κ2) is 6.70. The van der Waals surface area contributed by atoms with Crippen molar-refractivity contribution in [2.24, 2.45) is 4.99 Å². The second-order valence-corrected chi connectivity index (χ2v) is 7.55. The average Bonchev–Trinajstić information content (AvgIpc) is 3.09. The second-order valence-electron chi connectivity index (χ2n) is 4.79. The fourth-order valence-corrected chi connectivity index (χ4v) is 4.09. The molecule has 0 unspecified atom stereocenters. The van der Waals surface area contributed by atoms with E-state index in [2.05, 4.69) is 9.98 Å². The number of rotatable bonds is 3. The molecule has 0 amide bonds. The fraction of sp³-hybridized carbons (Fsp3) is 0.286. The van der Waals surface area contributed by atoms with Gasteiger partial charge in [0, 0.05) is 23.4 Å². The molecule has 1 aromatic carbocycles. The van der Waals surface area contributed by atoms with Crippen LogP contribution in [0.15, 0.2) is 35.5 Å². The summed E-state index contributed by atoms with van der Waals surface area (Å²) in [6.07, 6.45) is -2.66. The van der Waals surface area contributed by atoms with Crippen LogP contribution in [0.2, 0.25) is 4.47 Å². The molecular formula is C14H11ClF3N3S2. The number of benzene rings is 1. The van der Waals surface area contributed by atoms with Crippen molar-refractivity contribution >= 4 is 45.6 Å². The third-order valence-electron chi connectivity index (χ3n) is 3.13. The van der Waals surface area contributed by atoms with Gasteiger partial charge in [-0.1, -0.05) is 29.4 Å². The molecule has 0 bridgehead atoms. The summed E-state index contributed by atoms with van der Waals surface area (Å²) in [5.41, 5.74) is -0.389. The molecule has 0 radical (unpaired) electrons. The summed E-state index contributed by atoms with van der Waals surface area (Å²) in [5, 5.41) is 0.717. The molecule has 2 heterocycles. The van der Waals surface area contributed by atoms with Crippen LogP contribution in [0.5, 0.6) is 0 Å². The average molecular weight is 378 g/mol. The van der Waals surface area contributed by atoms with Crippen LogP contribution < -0.4 is 0 Å². The standard InChI is InChI=1S/C14H11ClF3N3S2/c15-12-19-7-11(23-12)8-21-4-5-22-13(21)20-10-3-1-2-9(6-10)14(16,17)18/h1-3,6-7H,4-5,8H2. The van der Waals surface area contributed by atoms with Gasteiger partial charge in [0.1, 0.15) is 0 Å². The van der Waals surface area contributed by atoms with Crippen LogP contribution in [0, 0.1) is 0 Å². The normalized spacial score (nSPS) is 17.2. The van der Waals surface area contributed by atoms with Gasteiger partial charge >= 0.3 is 6.18 Å². The lowest BCUT2D eigenvalue weighted by atomic mass is 10.2. The van der Waals surface area contributed by atoms with Gasteiger partial charge in [-0.3, -0.25) is 0 Å². The minimum absolute atomic E-state index is 0.302. The summed E-state index contributed by atoms with van der Waals surface area (Å²) in [6.45, 7) is 1.40. The van der Waals surface area contributed by atoms with Crippen molar-refractivity contribution in [1.82, 2.24) is 9.88 Å². The maximum Gasteiger partial charge on any atom is 0.416 e. The summed E-state index contributed by atoms with van der Waals surface area (Å²) in [4.78, 5) is 11.4. The molecule has 2 aromatic rings. The number of alkyl halides is 3. The molecule has 1 aromatic heterocycles. The first-order valence-corrected chi connectivity index (χ1v) is 8.84. The number of thiazole rings is 1. The van der Waals surface area contributed by atoms with Gasteiger partial charge in [-0.25, -0.2) is 9.98 Å². The van der Waals surface area contributed by atoms with Crippen molar-refractivity contribution in [3.05, 3.63) is 45.4 Å². The molecule has 1 saturated heterocycles. The summed E-state index contributed by atoms with van der Waals surface area (Å²) >= 11 is 8.74. The van der Waals surface area contributed by atoms with Gasteiger partial charge in [-0.15, -0.1) is 11.3 Å². The quantitative estimate of drug-likeness (QED) is 0.749. The van der Waals surface area contributed by atoms with Crippen molar-refractivity contribution in [3.8, 4) is 0 Å². The molecule has 23 heavy (non-hydrogen) atoms. The topological polar surface area (TPSA) is 28.5 Å². The van der Waals surface area contributed by atoms with E-state index in [1.165, 1.54) is 29.2 Å². The predicted molar refractivity (Wildman–Crippen MR) is 88.5 cm³/mol. The molecule has 1 fully saturated rings. The van der Waals surface area contributed by atoms with Crippen molar-refractivity contribution < 1.29 is 13.2 Å². The number of hydrogen-bond acceptors (Lipinski definition) is 4. The maximum absolute atomic E-state index is 12.8. The number of aliphatic imine (C=N–C) groups is 1. The highest BCUT2D eigenvalue weighted by Crippen LogP contribution is 2.32. The van der Waals surface area contributed by atoms with Crippen LogP contribution in [-0.2, 0) is 12.7 Å². The van der Waals surface area contributed by atoms with Gasteiger partial charge in [-0.2, -0.15) is 13.2 Å². The van der Waals surface area contributed by atoms with Crippen molar-refractivity contribution in [1.29, 1.82) is 0 Å². The first-order chi connectivity index (χ1) is 10.9. The molecule has 0 N–H and O–H groups in total. The molecule has 0 aliphatic carbocycles. The SMILES string of the molecule is FC(F)(F)c1cccc(N=C2SCCN2Cc2cnc(Cl)s2)c1. The third-order valence-corrected chi connectivity index (χ3v) is 5.23. The molecular weight excluding hydrogens is 367 g/mol. The van der Waals surface area contributed by atoms with Gasteiger partial charge in [0.2, 0.25) is 0 Å². The zero-order valence-electron chi connectivity index (χ0n) is 11.7. The highest BCUT2D eigenvalue weighted by molar-refractivity contribution is 8.14. The zero-order valence-corrected chi connectivity index (χ0v) is 14.1. The van der Waals surface area contributed by atoms with E-state index in [1.807, 2.05) is 4.90 Å². The van der Waals surface area contributed by atoms with E-state index >= 15 is 0 Å². The van der Waals surface area contributed by atoms with Crippen LogP contribution in [-0.4, -0.2) is 27.3 Å². The molecule has 3 rings (SSSR count). The Bertz CT molecular complexity index is 730. The summed E-state index contributed by atoms with van der Waals surface area (Å²) in [7, 11) is 0. The number of halogens is 4. The first-order valence-electron chi connectivity index (χ1n) is 6.66. The Balaban J connectivity index is 1.80. The molecule has 0 atom stereocenters. The van der Waals surface area contributed by atoms with E-state index in [-0.39, 0.29) is 0 Å². The minimum atomic E-state index is -4.36. The monoisotopic (exact) mass is 377 g/mol. The molecule has 0 saturated carbocycles. The highest BCUT2D eigenvalue weighted by Gasteiger charge is 2.30. The molecule has 122 valence electrons. The zero-order chi connectivity index (χ0) is 16.4. The molecule has 0 spiro atoms. The first kappa shape index (κ1) is 16.6. The molecule has 9 heteroatoms. The summed E-state index contributed by atoms with van der Waals surface area (Å²) in [6, 6.07) is 5.05. The van der Waals surface area contributed by atoms with Gasteiger partial charge in [0.15, 0.2) is 9.63 Å². The lowest BCUT2D eigenvalue weighted by molar-refractivity contribution is -0.137. The van der Waals surface area contributed by atoms with Crippen LogP contribution in [0.4, 0.5) is 18.9 Å². The minimum Gasteiger partial charge on any atom is -0.345 e. The van der Waals surface area contributed by atoms with E-state index in [1.54, 1.807) is 12.3 Å². The Hall–Kier alpha value is -1.25. The molecule has 1 aliphatic heterocycles. The van der Waals surface area contributed by atoms with Crippen LogP contribution in [0.1, 0.15) is 10.4 Å². The highest BCUT2D eigenvalue weighted by atomic mass is 35.5. The van der Waals surface area contributed by atoms with E-state index in [0.29, 0.717) is 21.9 Å². The van der Waals surface area contributed by atoms with Gasteiger partial charge in [-0.05, 0) is 18.2 Å². The third kappa shape index (κ3) is 4.19. The van der Waals surface area contributed by atoms with E-state index in [4.69, 9.17) is 11.6 Å². The smallest absolute Gasteiger partial charge is 0.345 e. The fourth-order valence-electron chi connectivity index (χ4n) is 2.09. The Kier molecular flexibility index (Phi) is 4.84. The Morgan fingerprint density at radius 2 is 2.17 bits per heavy atom. The number of thioether (sulfide) groups is 1. The van der Waals surface area contributed by atoms with Crippen molar-refractivity contribution in [3.63, 3.8) is 0 Å². The summed E-state index contributed by atoms with van der Waals surface area (Å²) < 4.78 is 38.8. The van der Waals surface area contributed by atoms with Crippen LogP contribution in [0.3, 0.4) is 0 Å². The van der Waals surface area contributed by atoms with Crippen LogP contribution >= 0.6 is 34.7 Å². The lowest BCUT2D eigenvalue weighted by Crippen LogP contribution is -2.23. The lowest BCUT2D eigenvalue weighted by Gasteiger charge is -2.16.